The smallest absolute Gasteiger partial charge is 0.0885 e. The van der Waals surface area contributed by atoms with Crippen LogP contribution in [-0.2, 0) is 17.8 Å². The molecule has 3 N–H and O–H groups in total. The van der Waals surface area contributed by atoms with Crippen molar-refractivity contribution in [3.8, 4) is 0 Å². The summed E-state index contributed by atoms with van der Waals surface area (Å²) < 4.78 is 5.11. The summed E-state index contributed by atoms with van der Waals surface area (Å²) in [6.07, 6.45) is 2.20. The van der Waals surface area contributed by atoms with Crippen LogP contribution < -0.4 is 11.3 Å². The molecule has 1 heterocycles. The maximum atomic E-state index is 5.59. The standard InChI is InChI=1S/C14H19N3O/c1-3-4-10-5-6-13-12(7-10)14(17-15)8-11(16-13)9-18-2/h5-8H,3-4,9,15H2,1-2H3,(H,16,17). The van der Waals surface area contributed by atoms with Gasteiger partial charge in [0, 0.05) is 12.5 Å². The first kappa shape index (κ1) is 12.8. The molecule has 18 heavy (non-hydrogen) atoms. The van der Waals surface area contributed by atoms with E-state index in [2.05, 4.69) is 29.5 Å². The Morgan fingerprint density at radius 3 is 2.83 bits per heavy atom. The largest absolute Gasteiger partial charge is 0.378 e. The predicted molar refractivity (Wildman–Crippen MR) is 74.3 cm³/mol. The van der Waals surface area contributed by atoms with Gasteiger partial charge in [-0.1, -0.05) is 19.4 Å². The number of hydrogen-bond acceptors (Lipinski definition) is 4. The Kier molecular flexibility index (Phi) is 4.12. The van der Waals surface area contributed by atoms with E-state index in [1.807, 2.05) is 12.1 Å². The summed E-state index contributed by atoms with van der Waals surface area (Å²) in [6, 6.07) is 8.25. The molecule has 0 aliphatic rings. The third-order valence-corrected chi connectivity index (χ3v) is 2.91. The van der Waals surface area contributed by atoms with Crippen LogP contribution in [0.5, 0.6) is 0 Å². The average Bonchev–Trinajstić information content (AvgIpc) is 2.39. The van der Waals surface area contributed by atoms with Crippen molar-refractivity contribution < 1.29 is 4.74 Å². The number of anilines is 1. The fourth-order valence-corrected chi connectivity index (χ4v) is 2.11. The van der Waals surface area contributed by atoms with Gasteiger partial charge in [0.1, 0.15) is 0 Å². The molecule has 0 atom stereocenters. The lowest BCUT2D eigenvalue weighted by Gasteiger charge is -2.10. The third kappa shape index (κ3) is 2.60. The van der Waals surface area contributed by atoms with Gasteiger partial charge in [-0.05, 0) is 30.2 Å². The fourth-order valence-electron chi connectivity index (χ4n) is 2.11. The van der Waals surface area contributed by atoms with Crippen molar-refractivity contribution in [3.63, 3.8) is 0 Å². The Labute approximate surface area is 107 Å². The molecular weight excluding hydrogens is 226 g/mol. The number of hydrogen-bond donors (Lipinski definition) is 2. The first-order valence-electron chi connectivity index (χ1n) is 6.16. The van der Waals surface area contributed by atoms with Gasteiger partial charge in [0.25, 0.3) is 0 Å². The van der Waals surface area contributed by atoms with Gasteiger partial charge < -0.3 is 10.2 Å². The van der Waals surface area contributed by atoms with E-state index in [0.717, 1.165) is 35.1 Å². The highest BCUT2D eigenvalue weighted by Crippen LogP contribution is 2.24. The molecule has 0 amide bonds. The molecule has 0 saturated carbocycles. The molecule has 0 aliphatic carbocycles. The van der Waals surface area contributed by atoms with E-state index in [0.29, 0.717) is 6.61 Å². The summed E-state index contributed by atoms with van der Waals surface area (Å²) in [5, 5.41) is 1.06. The molecule has 0 unspecified atom stereocenters. The van der Waals surface area contributed by atoms with Gasteiger partial charge >= 0.3 is 0 Å². The fraction of sp³-hybridized carbons (Fsp3) is 0.357. The number of nitrogens with two attached hydrogens (primary N) is 1. The summed E-state index contributed by atoms with van der Waals surface area (Å²) >= 11 is 0. The second-order valence-corrected chi connectivity index (χ2v) is 4.34. The minimum atomic E-state index is 0.487. The number of nitrogens with zero attached hydrogens (tertiary/aromatic N) is 1. The molecule has 4 heteroatoms. The monoisotopic (exact) mass is 245 g/mol. The number of hydrazine groups is 1. The van der Waals surface area contributed by atoms with Crippen LogP contribution in [0.2, 0.25) is 0 Å². The van der Waals surface area contributed by atoms with Crippen LogP contribution >= 0.6 is 0 Å². The van der Waals surface area contributed by atoms with E-state index in [-0.39, 0.29) is 0 Å². The van der Waals surface area contributed by atoms with Crippen LogP contribution in [0.25, 0.3) is 10.9 Å². The SMILES string of the molecule is CCCc1ccc2nc(COC)cc(NN)c2c1. The first-order chi connectivity index (χ1) is 8.78. The van der Waals surface area contributed by atoms with Crippen molar-refractivity contribution in [2.75, 3.05) is 12.5 Å². The Morgan fingerprint density at radius 2 is 2.17 bits per heavy atom. The van der Waals surface area contributed by atoms with Gasteiger partial charge in [0.05, 0.1) is 23.5 Å². The number of fused-ring (bicyclic) bond motifs is 1. The van der Waals surface area contributed by atoms with Gasteiger partial charge in [-0.15, -0.1) is 0 Å². The molecule has 0 saturated heterocycles. The van der Waals surface area contributed by atoms with Crippen LogP contribution in [0.3, 0.4) is 0 Å². The highest BCUT2D eigenvalue weighted by molar-refractivity contribution is 5.91. The topological polar surface area (TPSA) is 60.2 Å². The molecule has 2 aromatic rings. The number of methoxy groups -OCH3 is 1. The molecule has 4 nitrogen and oxygen atoms in total. The van der Waals surface area contributed by atoms with Crippen LogP contribution in [0.15, 0.2) is 24.3 Å². The number of rotatable bonds is 5. The second-order valence-electron chi connectivity index (χ2n) is 4.34. The van der Waals surface area contributed by atoms with Gasteiger partial charge in [-0.2, -0.15) is 0 Å². The number of nitrogen functional groups attached to an aromatic ring is 1. The Bertz CT molecular complexity index is 540. The zero-order valence-corrected chi connectivity index (χ0v) is 10.9. The molecule has 1 aromatic heterocycles. The maximum absolute atomic E-state index is 5.59. The lowest BCUT2D eigenvalue weighted by molar-refractivity contribution is 0.182. The van der Waals surface area contributed by atoms with E-state index in [1.54, 1.807) is 7.11 Å². The van der Waals surface area contributed by atoms with Crippen LogP contribution in [0, 0.1) is 0 Å². The summed E-state index contributed by atoms with van der Waals surface area (Å²) in [5.41, 5.74) is 6.76. The molecular formula is C14H19N3O. The van der Waals surface area contributed by atoms with Gasteiger partial charge in [0.2, 0.25) is 0 Å². The normalized spacial score (nSPS) is 10.8. The average molecular weight is 245 g/mol. The first-order valence-corrected chi connectivity index (χ1v) is 6.16. The van der Waals surface area contributed by atoms with Crippen LogP contribution in [-0.4, -0.2) is 12.1 Å². The van der Waals surface area contributed by atoms with E-state index in [9.17, 15) is 0 Å². The molecule has 96 valence electrons. The molecule has 0 radical (unpaired) electrons. The lowest BCUT2D eigenvalue weighted by Crippen LogP contribution is -2.09. The van der Waals surface area contributed by atoms with E-state index in [1.165, 1.54) is 5.56 Å². The summed E-state index contributed by atoms with van der Waals surface area (Å²) in [4.78, 5) is 4.55. The van der Waals surface area contributed by atoms with Gasteiger partial charge in [-0.3, -0.25) is 10.8 Å². The maximum Gasteiger partial charge on any atom is 0.0885 e. The van der Waals surface area contributed by atoms with Crippen LogP contribution in [0.4, 0.5) is 5.69 Å². The quantitative estimate of drug-likeness (QED) is 0.628. The van der Waals surface area contributed by atoms with Crippen molar-refractivity contribution >= 4 is 16.6 Å². The number of benzene rings is 1. The number of aromatic nitrogens is 1. The van der Waals surface area contributed by atoms with Crippen molar-refractivity contribution in [1.82, 2.24) is 4.98 Å². The highest BCUT2D eigenvalue weighted by Gasteiger charge is 2.06. The van der Waals surface area contributed by atoms with Crippen LogP contribution in [0.1, 0.15) is 24.6 Å². The van der Waals surface area contributed by atoms with Crippen molar-refractivity contribution in [2.45, 2.75) is 26.4 Å². The van der Waals surface area contributed by atoms with E-state index in [4.69, 9.17) is 10.6 Å². The molecule has 0 fully saturated rings. The van der Waals surface area contributed by atoms with E-state index >= 15 is 0 Å². The van der Waals surface area contributed by atoms with Gasteiger partial charge in [-0.25, -0.2) is 0 Å². The minimum Gasteiger partial charge on any atom is -0.378 e. The molecule has 0 bridgehead atoms. The minimum absolute atomic E-state index is 0.487. The Hall–Kier alpha value is -1.65. The van der Waals surface area contributed by atoms with Crippen molar-refractivity contribution in [2.24, 2.45) is 5.84 Å². The van der Waals surface area contributed by atoms with E-state index < -0.39 is 0 Å². The molecule has 0 spiro atoms. The zero-order chi connectivity index (χ0) is 13.0. The highest BCUT2D eigenvalue weighted by atomic mass is 16.5. The zero-order valence-electron chi connectivity index (χ0n) is 10.9. The lowest BCUT2D eigenvalue weighted by atomic mass is 10.1. The Balaban J connectivity index is 2.52. The van der Waals surface area contributed by atoms with Crippen molar-refractivity contribution in [1.29, 1.82) is 0 Å². The number of ether oxygens (including phenoxy) is 1. The van der Waals surface area contributed by atoms with Gasteiger partial charge in [0.15, 0.2) is 0 Å². The summed E-state index contributed by atoms with van der Waals surface area (Å²) in [7, 11) is 1.66. The molecule has 2 rings (SSSR count). The molecule has 1 aromatic carbocycles. The predicted octanol–water partition coefficient (Wildman–Crippen LogP) is 2.62. The Morgan fingerprint density at radius 1 is 1.33 bits per heavy atom. The second kappa shape index (κ2) is 5.80. The number of aryl methyl sites for hydroxylation is 1. The number of nitrogens with one attached hydrogen (secondary N) is 1. The molecule has 0 aliphatic heterocycles. The third-order valence-electron chi connectivity index (χ3n) is 2.91. The van der Waals surface area contributed by atoms with Crippen molar-refractivity contribution in [3.05, 3.63) is 35.5 Å². The number of pyridine rings is 1. The summed E-state index contributed by atoms with van der Waals surface area (Å²) in [6.45, 7) is 2.66. The summed E-state index contributed by atoms with van der Waals surface area (Å²) in [5.74, 6) is 5.59.